The van der Waals surface area contributed by atoms with Crippen molar-refractivity contribution in [1.29, 1.82) is 0 Å². The fraction of sp³-hybridized carbons (Fsp3) is 0.0204. The summed E-state index contributed by atoms with van der Waals surface area (Å²) < 4.78 is 9.53. The van der Waals surface area contributed by atoms with E-state index in [0.29, 0.717) is 0 Å². The van der Waals surface area contributed by atoms with Crippen molar-refractivity contribution < 1.29 is 4.42 Å². The Labute approximate surface area is 294 Å². The van der Waals surface area contributed by atoms with Crippen LogP contribution in [0.4, 0.5) is 0 Å². The van der Waals surface area contributed by atoms with E-state index in [2.05, 4.69) is 180 Å². The van der Waals surface area contributed by atoms with Gasteiger partial charge in [0.15, 0.2) is 5.58 Å². The molecule has 8 aromatic carbocycles. The highest BCUT2D eigenvalue weighted by atomic mass is 16.3. The Morgan fingerprint density at radius 2 is 0.941 bits per heavy atom. The van der Waals surface area contributed by atoms with Crippen LogP contribution >= 0.6 is 0 Å². The molecule has 0 radical (unpaired) electrons. The minimum Gasteiger partial charge on any atom is -0.453 e. The molecule has 2 nitrogen and oxygen atoms in total. The summed E-state index contributed by atoms with van der Waals surface area (Å²) in [5.41, 5.74) is 17.7. The van der Waals surface area contributed by atoms with Crippen LogP contribution in [0.2, 0.25) is 0 Å². The van der Waals surface area contributed by atoms with E-state index in [1.807, 2.05) is 0 Å². The van der Waals surface area contributed by atoms with E-state index in [-0.39, 0.29) is 0 Å². The van der Waals surface area contributed by atoms with Crippen LogP contribution in [0.15, 0.2) is 180 Å². The van der Waals surface area contributed by atoms with Crippen molar-refractivity contribution in [3.63, 3.8) is 0 Å². The van der Waals surface area contributed by atoms with Crippen molar-refractivity contribution in [2.45, 2.75) is 5.41 Å². The second-order valence-electron chi connectivity index (χ2n) is 13.9. The molecular formula is C49H29NO. The topological polar surface area (TPSA) is 18.1 Å². The normalized spacial score (nSPS) is 13.6. The van der Waals surface area contributed by atoms with Crippen LogP contribution in [0.5, 0.6) is 0 Å². The Morgan fingerprint density at radius 1 is 0.373 bits per heavy atom. The Morgan fingerprint density at radius 3 is 1.71 bits per heavy atom. The number of fused-ring (bicyclic) bond motifs is 17. The number of nitrogens with zero attached hydrogens (tertiary/aromatic N) is 1. The van der Waals surface area contributed by atoms with E-state index in [4.69, 9.17) is 4.42 Å². The van der Waals surface area contributed by atoms with Crippen LogP contribution in [-0.4, -0.2) is 4.57 Å². The molecule has 0 aliphatic heterocycles. The van der Waals surface area contributed by atoms with E-state index in [1.54, 1.807) is 0 Å². The van der Waals surface area contributed by atoms with Crippen molar-refractivity contribution >= 4 is 43.7 Å². The molecule has 1 spiro atoms. The molecule has 2 aliphatic rings. The average molecular weight is 648 g/mol. The summed E-state index contributed by atoms with van der Waals surface area (Å²) in [4.78, 5) is 0. The Hall–Kier alpha value is -6.64. The zero-order valence-electron chi connectivity index (χ0n) is 27.6. The minimum atomic E-state index is -0.412. The van der Waals surface area contributed by atoms with Gasteiger partial charge in [0.1, 0.15) is 5.58 Å². The molecule has 236 valence electrons. The van der Waals surface area contributed by atoms with Crippen molar-refractivity contribution in [2.75, 3.05) is 0 Å². The van der Waals surface area contributed by atoms with Crippen LogP contribution in [-0.2, 0) is 5.41 Å². The predicted molar refractivity (Wildman–Crippen MR) is 210 cm³/mol. The minimum absolute atomic E-state index is 0.412. The Bertz CT molecular complexity index is 3040. The molecule has 0 amide bonds. The molecule has 2 aliphatic carbocycles. The lowest BCUT2D eigenvalue weighted by atomic mass is 9.70. The number of furan rings is 1. The summed E-state index contributed by atoms with van der Waals surface area (Å²) >= 11 is 0. The number of para-hydroxylation sites is 3. The van der Waals surface area contributed by atoms with Gasteiger partial charge in [-0.3, -0.25) is 0 Å². The molecule has 10 aromatic rings. The predicted octanol–water partition coefficient (Wildman–Crippen LogP) is 12.7. The van der Waals surface area contributed by atoms with Crippen LogP contribution < -0.4 is 0 Å². The monoisotopic (exact) mass is 647 g/mol. The summed E-state index contributed by atoms with van der Waals surface area (Å²) in [6.07, 6.45) is 0. The lowest BCUT2D eigenvalue weighted by Gasteiger charge is -2.30. The van der Waals surface area contributed by atoms with Gasteiger partial charge in [0.2, 0.25) is 0 Å². The second-order valence-corrected chi connectivity index (χ2v) is 13.9. The van der Waals surface area contributed by atoms with Gasteiger partial charge in [-0.1, -0.05) is 164 Å². The first kappa shape index (κ1) is 27.2. The van der Waals surface area contributed by atoms with Crippen LogP contribution in [0.25, 0.3) is 82.8 Å². The number of hydrogen-bond donors (Lipinski definition) is 0. The zero-order valence-corrected chi connectivity index (χ0v) is 27.6. The maximum Gasteiger partial charge on any atom is 0.159 e. The quantitative estimate of drug-likeness (QED) is 0.183. The van der Waals surface area contributed by atoms with E-state index < -0.39 is 5.41 Å². The van der Waals surface area contributed by atoms with Gasteiger partial charge in [0.05, 0.1) is 22.1 Å². The first-order chi connectivity index (χ1) is 25.3. The van der Waals surface area contributed by atoms with Crippen LogP contribution in [0, 0.1) is 0 Å². The largest absolute Gasteiger partial charge is 0.453 e. The van der Waals surface area contributed by atoms with Crippen molar-refractivity contribution in [3.8, 4) is 39.1 Å². The fourth-order valence-corrected chi connectivity index (χ4v) is 9.71. The standard InChI is InChI=1S/C49H29NO/c1-2-14-30(15-3-1)31-20-12-21-36-37-22-13-27-44(48(37)51-47(31)36)50-43-26-11-7-18-34(43)35-28-29-42-45(46(35)50)38-19-6-10-25-41(38)49(42)39-23-8-4-16-32(39)33-17-5-9-24-40(33)49/h1-29H. The first-order valence-electron chi connectivity index (χ1n) is 17.7. The van der Waals surface area contributed by atoms with Crippen molar-refractivity contribution in [3.05, 3.63) is 198 Å². The van der Waals surface area contributed by atoms with Gasteiger partial charge in [-0.05, 0) is 56.6 Å². The first-order valence-corrected chi connectivity index (χ1v) is 17.7. The summed E-state index contributed by atoms with van der Waals surface area (Å²) in [5.74, 6) is 0. The van der Waals surface area contributed by atoms with Gasteiger partial charge in [-0.15, -0.1) is 0 Å². The molecule has 2 heteroatoms. The second kappa shape index (κ2) is 9.74. The molecule has 0 atom stereocenters. The molecule has 0 saturated carbocycles. The highest BCUT2D eigenvalue weighted by molar-refractivity contribution is 6.18. The smallest absolute Gasteiger partial charge is 0.159 e. The number of hydrogen-bond acceptors (Lipinski definition) is 1. The number of aromatic nitrogens is 1. The Kier molecular flexibility index (Phi) is 5.20. The summed E-state index contributed by atoms with van der Waals surface area (Å²) in [7, 11) is 0. The fourth-order valence-electron chi connectivity index (χ4n) is 9.71. The average Bonchev–Trinajstić information content (AvgIpc) is 3.92. The van der Waals surface area contributed by atoms with E-state index in [0.717, 1.165) is 38.8 Å². The Balaban J connectivity index is 1.25. The van der Waals surface area contributed by atoms with Gasteiger partial charge in [0.25, 0.3) is 0 Å². The highest BCUT2D eigenvalue weighted by Gasteiger charge is 2.52. The van der Waals surface area contributed by atoms with E-state index >= 15 is 0 Å². The van der Waals surface area contributed by atoms with Gasteiger partial charge in [-0.2, -0.15) is 0 Å². The van der Waals surface area contributed by atoms with Gasteiger partial charge >= 0.3 is 0 Å². The SMILES string of the molecule is c1ccc(-c2cccc3c2oc2c(-n4c5ccccc5c5ccc6c(c54)-c4ccccc4C64c5ccccc5-c5ccccc54)cccc23)cc1. The van der Waals surface area contributed by atoms with Crippen LogP contribution in [0.3, 0.4) is 0 Å². The molecule has 0 fully saturated rings. The molecular weight excluding hydrogens is 619 g/mol. The van der Waals surface area contributed by atoms with Crippen LogP contribution in [0.1, 0.15) is 22.3 Å². The molecule has 2 heterocycles. The van der Waals surface area contributed by atoms with Crippen molar-refractivity contribution in [2.24, 2.45) is 0 Å². The molecule has 0 N–H and O–H groups in total. The van der Waals surface area contributed by atoms with E-state index in [1.165, 1.54) is 66.3 Å². The number of benzene rings is 8. The summed E-state index contributed by atoms with van der Waals surface area (Å²) in [6.45, 7) is 0. The van der Waals surface area contributed by atoms with Gasteiger partial charge in [0, 0.05) is 32.7 Å². The molecule has 51 heavy (non-hydrogen) atoms. The molecule has 0 saturated heterocycles. The van der Waals surface area contributed by atoms with E-state index in [9.17, 15) is 0 Å². The summed E-state index contributed by atoms with van der Waals surface area (Å²) in [6, 6.07) is 64.5. The molecule has 0 unspecified atom stereocenters. The third-order valence-corrected chi connectivity index (χ3v) is 11.6. The maximum absolute atomic E-state index is 7.05. The molecule has 12 rings (SSSR count). The van der Waals surface area contributed by atoms with Gasteiger partial charge in [-0.25, -0.2) is 0 Å². The maximum atomic E-state index is 7.05. The summed E-state index contributed by atoms with van der Waals surface area (Å²) in [5, 5.41) is 4.73. The van der Waals surface area contributed by atoms with Crippen molar-refractivity contribution in [1.82, 2.24) is 4.57 Å². The lowest BCUT2D eigenvalue weighted by Crippen LogP contribution is -2.25. The third-order valence-electron chi connectivity index (χ3n) is 11.6. The zero-order chi connectivity index (χ0) is 33.3. The molecule has 2 aromatic heterocycles. The lowest BCUT2D eigenvalue weighted by molar-refractivity contribution is 0.667. The highest BCUT2D eigenvalue weighted by Crippen LogP contribution is 2.64. The van der Waals surface area contributed by atoms with Gasteiger partial charge < -0.3 is 8.98 Å². The molecule has 0 bridgehead atoms. The third kappa shape index (κ3) is 3.28. The number of rotatable bonds is 2.